The Morgan fingerprint density at radius 1 is 1.10 bits per heavy atom. The van der Waals surface area contributed by atoms with Crippen molar-refractivity contribution < 1.29 is 13.2 Å². The van der Waals surface area contributed by atoms with E-state index < -0.39 is 10.0 Å². The van der Waals surface area contributed by atoms with Crippen LogP contribution in [-0.4, -0.2) is 67.2 Å². The van der Waals surface area contributed by atoms with E-state index in [1.165, 1.54) is 15.2 Å². The molecule has 1 aromatic heterocycles. The molecule has 2 heterocycles. The summed E-state index contributed by atoms with van der Waals surface area (Å²) in [6.07, 6.45) is 2.28. The normalized spacial score (nSPS) is 18.3. The number of piperazine rings is 1. The van der Waals surface area contributed by atoms with Crippen molar-refractivity contribution in [1.29, 1.82) is 0 Å². The number of amides is 1. The molecule has 0 spiro atoms. The summed E-state index contributed by atoms with van der Waals surface area (Å²) in [6.45, 7) is 2.57. The molecule has 1 aromatic carbocycles. The monoisotopic (exact) mass is 453 g/mol. The minimum atomic E-state index is -3.65. The predicted molar refractivity (Wildman–Crippen MR) is 115 cm³/mol. The Labute approximate surface area is 180 Å². The Kier molecular flexibility index (Phi) is 6.27. The summed E-state index contributed by atoms with van der Waals surface area (Å²) in [5.74, 6) is 0.0725. The van der Waals surface area contributed by atoms with Crippen molar-refractivity contribution in [2.75, 3.05) is 32.7 Å². The largest absolute Gasteiger partial charge is 0.339 e. The number of hydrogen-bond donors (Lipinski definition) is 0. The maximum Gasteiger partial charge on any atom is 0.244 e. The zero-order valence-electron chi connectivity index (χ0n) is 16.0. The highest BCUT2D eigenvalue weighted by molar-refractivity contribution is 7.89. The first-order chi connectivity index (χ1) is 13.9. The highest BCUT2D eigenvalue weighted by atomic mass is 35.5. The fourth-order valence-electron chi connectivity index (χ4n) is 3.60. The third kappa shape index (κ3) is 4.83. The van der Waals surface area contributed by atoms with E-state index in [-0.39, 0.29) is 28.9 Å². The molecule has 6 nitrogen and oxygen atoms in total. The molecule has 2 aliphatic rings. The lowest BCUT2D eigenvalue weighted by Crippen LogP contribution is -2.52. The minimum Gasteiger partial charge on any atom is -0.339 e. The first-order valence-electron chi connectivity index (χ1n) is 9.74. The Morgan fingerprint density at radius 2 is 1.83 bits per heavy atom. The van der Waals surface area contributed by atoms with Gasteiger partial charge in [-0.3, -0.25) is 9.69 Å². The molecule has 2 fully saturated rings. The van der Waals surface area contributed by atoms with E-state index in [0.29, 0.717) is 25.7 Å². The number of halogens is 1. The van der Waals surface area contributed by atoms with Crippen molar-refractivity contribution in [3.8, 4) is 0 Å². The van der Waals surface area contributed by atoms with Gasteiger partial charge in [-0.05, 0) is 36.4 Å². The molecule has 1 saturated carbocycles. The lowest BCUT2D eigenvalue weighted by atomic mass is 10.3. The predicted octanol–water partition coefficient (Wildman–Crippen LogP) is 2.90. The van der Waals surface area contributed by atoms with Crippen LogP contribution in [0.2, 0.25) is 5.02 Å². The first-order valence-corrected chi connectivity index (χ1v) is 12.4. The molecule has 29 heavy (non-hydrogen) atoms. The zero-order chi connectivity index (χ0) is 20.4. The van der Waals surface area contributed by atoms with E-state index in [1.54, 1.807) is 34.4 Å². The summed E-state index contributed by atoms with van der Waals surface area (Å²) < 4.78 is 27.2. The SMILES string of the molecule is O=C(CN(Cc1cccs1)C1CC1)N1CCN(S(=O)(=O)c2ccccc2Cl)CC1. The molecule has 1 saturated heterocycles. The molecule has 0 N–H and O–H groups in total. The quantitative estimate of drug-likeness (QED) is 0.646. The highest BCUT2D eigenvalue weighted by Crippen LogP contribution is 2.29. The Bertz CT molecular complexity index is 953. The third-order valence-corrected chi connectivity index (χ3v) is 8.65. The van der Waals surface area contributed by atoms with E-state index in [9.17, 15) is 13.2 Å². The minimum absolute atomic E-state index is 0.0725. The van der Waals surface area contributed by atoms with Gasteiger partial charge in [0.05, 0.1) is 11.6 Å². The fourth-order valence-corrected chi connectivity index (χ4v) is 6.25. The Hall–Kier alpha value is -1.45. The summed E-state index contributed by atoms with van der Waals surface area (Å²) in [5, 5.41) is 2.28. The van der Waals surface area contributed by atoms with E-state index in [4.69, 9.17) is 11.6 Å². The van der Waals surface area contributed by atoms with Crippen LogP contribution < -0.4 is 0 Å². The van der Waals surface area contributed by atoms with Gasteiger partial charge in [-0.25, -0.2) is 8.42 Å². The van der Waals surface area contributed by atoms with Gasteiger partial charge in [0.25, 0.3) is 0 Å². The smallest absolute Gasteiger partial charge is 0.244 e. The fraction of sp³-hybridized carbons (Fsp3) is 0.450. The van der Waals surface area contributed by atoms with Gasteiger partial charge in [0.2, 0.25) is 15.9 Å². The number of rotatable bonds is 7. The maximum atomic E-state index is 12.9. The second kappa shape index (κ2) is 8.73. The summed E-state index contributed by atoms with van der Waals surface area (Å²) in [6, 6.07) is 11.1. The van der Waals surface area contributed by atoms with E-state index in [1.807, 2.05) is 6.07 Å². The van der Waals surface area contributed by atoms with Gasteiger partial charge < -0.3 is 4.90 Å². The van der Waals surface area contributed by atoms with Crippen LogP contribution in [0, 0.1) is 0 Å². The van der Waals surface area contributed by atoms with Crippen LogP contribution in [0.3, 0.4) is 0 Å². The molecule has 0 bridgehead atoms. The van der Waals surface area contributed by atoms with Crippen molar-refractivity contribution in [2.45, 2.75) is 30.3 Å². The number of sulfonamides is 1. The average molecular weight is 454 g/mol. The summed E-state index contributed by atoms with van der Waals surface area (Å²) in [5.41, 5.74) is 0. The molecular weight excluding hydrogens is 430 g/mol. The van der Waals surface area contributed by atoms with Crippen LogP contribution >= 0.6 is 22.9 Å². The van der Waals surface area contributed by atoms with Crippen LogP contribution in [0.5, 0.6) is 0 Å². The molecule has 4 rings (SSSR count). The molecule has 0 atom stereocenters. The third-order valence-electron chi connectivity index (χ3n) is 5.39. The van der Waals surface area contributed by atoms with Crippen molar-refractivity contribution in [3.63, 3.8) is 0 Å². The molecule has 0 radical (unpaired) electrons. The molecule has 1 aliphatic carbocycles. The summed E-state index contributed by atoms with van der Waals surface area (Å²) in [4.78, 5) is 18.3. The van der Waals surface area contributed by atoms with E-state index >= 15 is 0 Å². The lowest BCUT2D eigenvalue weighted by Gasteiger charge is -2.35. The van der Waals surface area contributed by atoms with Crippen LogP contribution in [0.4, 0.5) is 0 Å². The zero-order valence-corrected chi connectivity index (χ0v) is 18.4. The second-order valence-corrected chi connectivity index (χ2v) is 10.8. The number of thiophene rings is 1. The van der Waals surface area contributed by atoms with Gasteiger partial charge in [-0.2, -0.15) is 4.31 Å². The van der Waals surface area contributed by atoms with Crippen LogP contribution in [0.1, 0.15) is 17.7 Å². The highest BCUT2D eigenvalue weighted by Gasteiger charge is 2.34. The van der Waals surface area contributed by atoms with Gasteiger partial charge in [0.1, 0.15) is 4.90 Å². The van der Waals surface area contributed by atoms with E-state index in [0.717, 1.165) is 19.4 Å². The topological polar surface area (TPSA) is 60.9 Å². The number of hydrogen-bond acceptors (Lipinski definition) is 5. The number of carbonyl (C=O) groups excluding carboxylic acids is 1. The van der Waals surface area contributed by atoms with Gasteiger partial charge in [0, 0.05) is 43.6 Å². The summed E-state index contributed by atoms with van der Waals surface area (Å²) >= 11 is 7.79. The molecular formula is C20H24ClN3O3S2. The molecule has 1 aliphatic heterocycles. The Morgan fingerprint density at radius 3 is 2.45 bits per heavy atom. The average Bonchev–Trinajstić information content (AvgIpc) is 3.44. The molecule has 2 aromatic rings. The van der Waals surface area contributed by atoms with Gasteiger partial charge in [0.15, 0.2) is 0 Å². The second-order valence-electron chi connectivity index (χ2n) is 7.43. The number of carbonyl (C=O) groups is 1. The molecule has 1 amide bonds. The van der Waals surface area contributed by atoms with Gasteiger partial charge >= 0.3 is 0 Å². The molecule has 156 valence electrons. The van der Waals surface area contributed by atoms with Crippen LogP contribution in [-0.2, 0) is 21.4 Å². The maximum absolute atomic E-state index is 12.9. The number of nitrogens with zero attached hydrogens (tertiary/aromatic N) is 3. The summed E-state index contributed by atoms with van der Waals surface area (Å²) in [7, 11) is -3.65. The van der Waals surface area contributed by atoms with Crippen molar-refractivity contribution in [2.24, 2.45) is 0 Å². The van der Waals surface area contributed by atoms with E-state index in [2.05, 4.69) is 16.3 Å². The van der Waals surface area contributed by atoms with Crippen molar-refractivity contribution in [3.05, 3.63) is 51.7 Å². The standard InChI is InChI=1S/C20H24ClN3O3S2/c21-18-5-1-2-6-19(18)29(26,27)24-11-9-22(10-12-24)20(25)15-23(16-7-8-16)14-17-4-3-13-28-17/h1-6,13,16H,7-12,14-15H2. The first kappa shape index (κ1) is 20.8. The van der Waals surface area contributed by atoms with Crippen molar-refractivity contribution in [1.82, 2.24) is 14.1 Å². The van der Waals surface area contributed by atoms with Gasteiger partial charge in [-0.15, -0.1) is 11.3 Å². The Balaban J connectivity index is 1.35. The van der Waals surface area contributed by atoms with Gasteiger partial charge in [-0.1, -0.05) is 29.8 Å². The molecule has 0 unspecified atom stereocenters. The van der Waals surface area contributed by atoms with Crippen LogP contribution in [0.15, 0.2) is 46.7 Å². The van der Waals surface area contributed by atoms with Crippen LogP contribution in [0.25, 0.3) is 0 Å². The van der Waals surface area contributed by atoms with Crippen molar-refractivity contribution >= 4 is 38.9 Å². The lowest BCUT2D eigenvalue weighted by molar-refractivity contribution is -0.133. The number of benzene rings is 1. The molecule has 9 heteroatoms.